The summed E-state index contributed by atoms with van der Waals surface area (Å²) in [7, 11) is 0. The molecule has 0 aromatic carbocycles. The van der Waals surface area contributed by atoms with Crippen LogP contribution in [0.3, 0.4) is 0 Å². The highest BCUT2D eigenvalue weighted by atomic mass is 32.2. The zero-order chi connectivity index (χ0) is 10.7. The molecule has 86 valence electrons. The highest BCUT2D eigenvalue weighted by Gasteiger charge is 2.33. The van der Waals surface area contributed by atoms with Crippen molar-refractivity contribution in [2.75, 3.05) is 6.61 Å². The second-order valence-corrected chi connectivity index (χ2v) is 6.26. The van der Waals surface area contributed by atoms with Gasteiger partial charge in [0.1, 0.15) is 0 Å². The van der Waals surface area contributed by atoms with Crippen LogP contribution in [0.1, 0.15) is 45.4 Å². The van der Waals surface area contributed by atoms with Gasteiger partial charge in [-0.3, -0.25) is 4.79 Å². The minimum Gasteiger partial charge on any atom is -0.466 e. The summed E-state index contributed by atoms with van der Waals surface area (Å²) in [5, 5.41) is 1.66. The lowest BCUT2D eigenvalue weighted by Gasteiger charge is -2.38. The third-order valence-corrected chi connectivity index (χ3v) is 5.02. The van der Waals surface area contributed by atoms with E-state index in [1.165, 1.54) is 32.1 Å². The van der Waals surface area contributed by atoms with Gasteiger partial charge in [-0.05, 0) is 38.5 Å². The van der Waals surface area contributed by atoms with E-state index in [0.717, 1.165) is 10.5 Å². The maximum Gasteiger partial charge on any atom is 0.306 e. The Morgan fingerprint density at radius 3 is 2.60 bits per heavy atom. The van der Waals surface area contributed by atoms with Crippen molar-refractivity contribution in [3.63, 3.8) is 0 Å². The molecular weight excluding hydrogens is 208 g/mol. The first-order valence-electron chi connectivity index (χ1n) is 6.09. The molecule has 0 aliphatic carbocycles. The molecule has 2 heterocycles. The summed E-state index contributed by atoms with van der Waals surface area (Å²) in [6.45, 7) is 2.40. The van der Waals surface area contributed by atoms with Gasteiger partial charge in [-0.1, -0.05) is 6.42 Å². The quantitative estimate of drug-likeness (QED) is 0.695. The van der Waals surface area contributed by atoms with Crippen LogP contribution in [0.5, 0.6) is 0 Å². The van der Waals surface area contributed by atoms with E-state index < -0.39 is 0 Å². The average Bonchev–Trinajstić information content (AvgIpc) is 2.17. The van der Waals surface area contributed by atoms with E-state index in [0.29, 0.717) is 18.9 Å². The Morgan fingerprint density at radius 2 is 2.00 bits per heavy atom. The molecule has 0 aromatic heterocycles. The summed E-state index contributed by atoms with van der Waals surface area (Å²) in [5.74, 6) is 0.605. The molecule has 0 radical (unpaired) electrons. The van der Waals surface area contributed by atoms with Gasteiger partial charge in [0.05, 0.1) is 6.61 Å². The molecule has 2 nitrogen and oxygen atoms in total. The van der Waals surface area contributed by atoms with E-state index in [-0.39, 0.29) is 5.97 Å². The summed E-state index contributed by atoms with van der Waals surface area (Å²) in [5.41, 5.74) is 0. The molecule has 2 atom stereocenters. The van der Waals surface area contributed by atoms with Gasteiger partial charge < -0.3 is 4.74 Å². The zero-order valence-corrected chi connectivity index (χ0v) is 10.2. The van der Waals surface area contributed by atoms with Crippen molar-refractivity contribution in [1.29, 1.82) is 0 Å². The average molecular weight is 228 g/mol. The van der Waals surface area contributed by atoms with Gasteiger partial charge in [0, 0.05) is 16.9 Å². The van der Waals surface area contributed by atoms with Gasteiger partial charge in [0.25, 0.3) is 0 Å². The second kappa shape index (κ2) is 5.24. The van der Waals surface area contributed by atoms with E-state index in [4.69, 9.17) is 4.74 Å². The van der Waals surface area contributed by atoms with Crippen LogP contribution in [-0.4, -0.2) is 23.1 Å². The fraction of sp³-hybridized carbons (Fsp3) is 0.917. The number of thioether (sulfide) groups is 1. The summed E-state index contributed by atoms with van der Waals surface area (Å²) in [6.07, 6.45) is 7.25. The monoisotopic (exact) mass is 228 g/mol. The fourth-order valence-corrected chi connectivity index (χ4v) is 4.71. The molecule has 2 unspecified atom stereocenters. The molecule has 3 heteroatoms. The van der Waals surface area contributed by atoms with Crippen LogP contribution in [0.2, 0.25) is 0 Å². The normalized spacial score (nSPS) is 34.9. The number of carbonyl (C=O) groups excluding carboxylic acids is 1. The molecule has 2 bridgehead atoms. The van der Waals surface area contributed by atoms with Crippen LogP contribution < -0.4 is 0 Å². The largest absolute Gasteiger partial charge is 0.466 e. The number of rotatable bonds is 3. The summed E-state index contributed by atoms with van der Waals surface area (Å²) in [4.78, 5) is 11.4. The molecule has 0 amide bonds. The molecule has 0 saturated carbocycles. The van der Waals surface area contributed by atoms with E-state index in [1.807, 2.05) is 6.92 Å². The van der Waals surface area contributed by atoms with Gasteiger partial charge in [0.2, 0.25) is 0 Å². The van der Waals surface area contributed by atoms with Crippen LogP contribution in [0, 0.1) is 5.92 Å². The minimum absolute atomic E-state index is 0.00692. The standard InChI is InChI=1S/C12H20O2S/c1-2-14-12(13)8-9-6-10-4-3-5-11(7-9)15-10/h9-11H,2-8H2,1H3. The predicted molar refractivity (Wildman–Crippen MR) is 63.0 cm³/mol. The Labute approximate surface area is 96.1 Å². The van der Waals surface area contributed by atoms with E-state index in [9.17, 15) is 4.79 Å². The highest BCUT2D eigenvalue weighted by Crippen LogP contribution is 2.44. The third-order valence-electron chi connectivity index (χ3n) is 3.39. The van der Waals surface area contributed by atoms with Crippen molar-refractivity contribution in [3.8, 4) is 0 Å². The number of hydrogen-bond acceptors (Lipinski definition) is 3. The molecule has 2 aliphatic rings. The molecule has 0 N–H and O–H groups in total. The lowest BCUT2D eigenvalue weighted by Crippen LogP contribution is -2.30. The molecule has 2 saturated heterocycles. The van der Waals surface area contributed by atoms with Gasteiger partial charge in [0.15, 0.2) is 0 Å². The Bertz CT molecular complexity index is 218. The molecule has 15 heavy (non-hydrogen) atoms. The topological polar surface area (TPSA) is 26.3 Å². The predicted octanol–water partition coefficient (Wildman–Crippen LogP) is 3.00. The Morgan fingerprint density at radius 1 is 1.33 bits per heavy atom. The van der Waals surface area contributed by atoms with E-state index in [1.54, 1.807) is 0 Å². The first kappa shape index (κ1) is 11.3. The number of carbonyl (C=O) groups is 1. The highest BCUT2D eigenvalue weighted by molar-refractivity contribution is 8.00. The smallest absolute Gasteiger partial charge is 0.306 e. The van der Waals surface area contributed by atoms with Crippen LogP contribution in [0.4, 0.5) is 0 Å². The summed E-state index contributed by atoms with van der Waals surface area (Å²) >= 11 is 2.17. The maximum absolute atomic E-state index is 11.4. The zero-order valence-electron chi connectivity index (χ0n) is 9.41. The van der Waals surface area contributed by atoms with Crippen LogP contribution in [-0.2, 0) is 9.53 Å². The van der Waals surface area contributed by atoms with Crippen molar-refractivity contribution in [2.24, 2.45) is 5.92 Å². The Balaban J connectivity index is 1.81. The first-order valence-corrected chi connectivity index (χ1v) is 7.03. The lowest BCUT2D eigenvalue weighted by molar-refractivity contribution is -0.144. The van der Waals surface area contributed by atoms with Gasteiger partial charge in [-0.2, -0.15) is 11.8 Å². The van der Waals surface area contributed by atoms with Gasteiger partial charge in [-0.25, -0.2) is 0 Å². The van der Waals surface area contributed by atoms with E-state index >= 15 is 0 Å². The number of ether oxygens (including phenoxy) is 1. The number of fused-ring (bicyclic) bond motifs is 2. The van der Waals surface area contributed by atoms with Crippen molar-refractivity contribution in [1.82, 2.24) is 0 Å². The lowest BCUT2D eigenvalue weighted by atomic mass is 9.87. The van der Waals surface area contributed by atoms with E-state index in [2.05, 4.69) is 11.8 Å². The molecular formula is C12H20O2S. The van der Waals surface area contributed by atoms with Crippen molar-refractivity contribution < 1.29 is 9.53 Å². The van der Waals surface area contributed by atoms with Crippen molar-refractivity contribution in [3.05, 3.63) is 0 Å². The van der Waals surface area contributed by atoms with Crippen LogP contribution in [0.25, 0.3) is 0 Å². The second-order valence-electron chi connectivity index (χ2n) is 4.66. The summed E-state index contributed by atoms with van der Waals surface area (Å²) in [6, 6.07) is 0. The molecule has 2 rings (SSSR count). The minimum atomic E-state index is 0.00692. The Kier molecular flexibility index (Phi) is 3.95. The fourth-order valence-electron chi connectivity index (χ4n) is 2.79. The number of hydrogen-bond donors (Lipinski definition) is 0. The van der Waals surface area contributed by atoms with Crippen molar-refractivity contribution in [2.45, 2.75) is 55.9 Å². The maximum atomic E-state index is 11.4. The molecule has 2 aliphatic heterocycles. The van der Waals surface area contributed by atoms with Gasteiger partial charge >= 0.3 is 5.97 Å². The number of esters is 1. The van der Waals surface area contributed by atoms with Crippen LogP contribution in [0.15, 0.2) is 0 Å². The molecule has 0 spiro atoms. The SMILES string of the molecule is CCOC(=O)CC1CC2CCCC(C1)S2. The third kappa shape index (κ3) is 3.13. The van der Waals surface area contributed by atoms with Gasteiger partial charge in [-0.15, -0.1) is 0 Å². The summed E-state index contributed by atoms with van der Waals surface area (Å²) < 4.78 is 5.02. The first-order chi connectivity index (χ1) is 7.28. The molecule has 0 aromatic rings. The Hall–Kier alpha value is -0.180. The van der Waals surface area contributed by atoms with Crippen LogP contribution >= 0.6 is 11.8 Å². The van der Waals surface area contributed by atoms with Crippen molar-refractivity contribution >= 4 is 17.7 Å². The molecule has 2 fully saturated rings.